The molecule has 0 aromatic heterocycles. The summed E-state index contributed by atoms with van der Waals surface area (Å²) in [5, 5.41) is 9.28. The number of hydrogen-bond acceptors (Lipinski definition) is 3. The van der Waals surface area contributed by atoms with Crippen LogP contribution in [0.25, 0.3) is 0 Å². The van der Waals surface area contributed by atoms with Crippen molar-refractivity contribution in [3.05, 3.63) is 40.7 Å². The van der Waals surface area contributed by atoms with E-state index in [0.29, 0.717) is 5.70 Å². The molecule has 0 unspecified atom stereocenters. The van der Waals surface area contributed by atoms with Crippen molar-refractivity contribution in [3.8, 4) is 6.07 Å². The third kappa shape index (κ3) is 1.84. The average Bonchev–Trinajstić information content (AvgIpc) is 2.60. The van der Waals surface area contributed by atoms with Crippen LogP contribution in [-0.2, 0) is 0 Å². The topological polar surface area (TPSA) is 30.3 Å². The van der Waals surface area contributed by atoms with Crippen molar-refractivity contribution in [2.75, 3.05) is 11.9 Å². The number of rotatable bonds is 1. The predicted octanol–water partition coefficient (Wildman–Crippen LogP) is 3.07. The summed E-state index contributed by atoms with van der Waals surface area (Å²) in [4.78, 5) is 4.17. The number of anilines is 1. The first-order valence-electron chi connectivity index (χ1n) is 6.16. The minimum Gasteiger partial charge on any atom is -0.358 e. The second kappa shape index (κ2) is 4.38. The monoisotopic (exact) mass is 241 g/mol. The molecule has 0 N–H and O–H groups in total. The molecular weight excluding hydrogens is 222 g/mol. The Morgan fingerprint density at radius 3 is 2.50 bits per heavy atom. The molecule has 0 radical (unpaired) electrons. The largest absolute Gasteiger partial charge is 0.358 e. The molecule has 1 aliphatic heterocycles. The molecule has 0 amide bonds. The van der Waals surface area contributed by atoms with Gasteiger partial charge in [0.15, 0.2) is 0 Å². The number of nitriles is 1. The highest BCUT2D eigenvalue weighted by Crippen LogP contribution is 2.33. The van der Waals surface area contributed by atoms with Gasteiger partial charge in [-0.15, -0.1) is 0 Å². The molecule has 0 saturated heterocycles. The van der Waals surface area contributed by atoms with E-state index in [1.165, 1.54) is 16.7 Å². The van der Waals surface area contributed by atoms with E-state index < -0.39 is 0 Å². The lowest BCUT2D eigenvalue weighted by molar-refractivity contribution is 0.382. The van der Waals surface area contributed by atoms with Crippen LogP contribution >= 0.6 is 0 Å². The minimum absolute atomic E-state index is 0.180. The molecule has 1 aliphatic rings. The fraction of sp³-hybridized carbons (Fsp3) is 0.400. The molecule has 3 heteroatoms. The Bertz CT molecular complexity index is 552. The Hall–Kier alpha value is -1.95. The SMILES string of the molecule is Cc1cc(C)c(C)c(N2C(C#N)=CN(C)[C@@H]2C)c1. The predicted molar refractivity (Wildman–Crippen MR) is 74.1 cm³/mol. The molecule has 1 atom stereocenters. The standard InChI is InChI=1S/C15H19N3/c1-10-6-11(2)12(3)15(7-10)18-13(4)17(5)9-14(18)8-16/h6-7,9,13H,1-5H3/t13-/m0/s1. The third-order valence-corrected chi connectivity index (χ3v) is 3.71. The highest BCUT2D eigenvalue weighted by atomic mass is 15.4. The van der Waals surface area contributed by atoms with Crippen molar-refractivity contribution < 1.29 is 0 Å². The summed E-state index contributed by atoms with van der Waals surface area (Å²) in [7, 11) is 2.00. The first kappa shape index (κ1) is 12.5. The van der Waals surface area contributed by atoms with Crippen LogP contribution < -0.4 is 4.90 Å². The fourth-order valence-corrected chi connectivity index (χ4v) is 2.43. The Balaban J connectivity index is 2.56. The molecular formula is C15H19N3. The van der Waals surface area contributed by atoms with Crippen LogP contribution in [0.5, 0.6) is 0 Å². The smallest absolute Gasteiger partial charge is 0.138 e. The zero-order valence-electron chi connectivity index (χ0n) is 11.7. The molecule has 0 bridgehead atoms. The van der Waals surface area contributed by atoms with Gasteiger partial charge in [-0.25, -0.2) is 0 Å². The lowest BCUT2D eigenvalue weighted by Crippen LogP contribution is -2.35. The van der Waals surface area contributed by atoms with Crippen molar-refractivity contribution in [2.24, 2.45) is 0 Å². The van der Waals surface area contributed by atoms with Gasteiger partial charge in [-0.1, -0.05) is 6.07 Å². The molecule has 18 heavy (non-hydrogen) atoms. The summed E-state index contributed by atoms with van der Waals surface area (Å²) in [5.41, 5.74) is 5.58. The van der Waals surface area contributed by atoms with Crippen LogP contribution in [0.3, 0.4) is 0 Å². The minimum atomic E-state index is 0.180. The molecule has 1 aromatic rings. The molecule has 94 valence electrons. The maximum Gasteiger partial charge on any atom is 0.138 e. The quantitative estimate of drug-likeness (QED) is 0.757. The summed E-state index contributed by atoms with van der Waals surface area (Å²) >= 11 is 0. The highest BCUT2D eigenvalue weighted by Gasteiger charge is 2.29. The second-order valence-electron chi connectivity index (χ2n) is 5.02. The maximum atomic E-state index is 9.28. The molecule has 0 fully saturated rings. The lowest BCUT2D eigenvalue weighted by Gasteiger charge is -2.30. The van der Waals surface area contributed by atoms with Gasteiger partial charge >= 0.3 is 0 Å². The Labute approximate surface area is 109 Å². The molecule has 0 aliphatic carbocycles. The van der Waals surface area contributed by atoms with Crippen molar-refractivity contribution in [2.45, 2.75) is 33.9 Å². The van der Waals surface area contributed by atoms with Gasteiger partial charge in [-0.2, -0.15) is 5.26 Å². The normalized spacial score (nSPS) is 18.9. The number of allylic oxidation sites excluding steroid dienone is 1. The van der Waals surface area contributed by atoms with Gasteiger partial charge in [0.25, 0.3) is 0 Å². The summed E-state index contributed by atoms with van der Waals surface area (Å²) in [6, 6.07) is 6.62. The summed E-state index contributed by atoms with van der Waals surface area (Å²) in [5.74, 6) is 0. The van der Waals surface area contributed by atoms with Gasteiger partial charge in [0, 0.05) is 18.9 Å². The molecule has 1 heterocycles. The van der Waals surface area contributed by atoms with E-state index in [1.54, 1.807) is 0 Å². The van der Waals surface area contributed by atoms with E-state index in [1.807, 2.05) is 13.2 Å². The van der Waals surface area contributed by atoms with Crippen LogP contribution in [0, 0.1) is 32.1 Å². The summed E-state index contributed by atoms with van der Waals surface area (Å²) < 4.78 is 0. The number of hydrogen-bond donors (Lipinski definition) is 0. The van der Waals surface area contributed by atoms with E-state index >= 15 is 0 Å². The maximum absolute atomic E-state index is 9.28. The molecule has 0 spiro atoms. The first-order chi connectivity index (χ1) is 8.45. The number of benzene rings is 1. The Morgan fingerprint density at radius 1 is 1.22 bits per heavy atom. The van der Waals surface area contributed by atoms with Gasteiger partial charge in [0.2, 0.25) is 0 Å². The van der Waals surface area contributed by atoms with Gasteiger partial charge in [0.1, 0.15) is 17.9 Å². The van der Waals surface area contributed by atoms with Crippen molar-refractivity contribution in [1.29, 1.82) is 5.26 Å². The number of nitrogens with zero attached hydrogens (tertiary/aromatic N) is 3. The Kier molecular flexibility index (Phi) is 3.04. The summed E-state index contributed by atoms with van der Waals surface area (Å²) in [6.45, 7) is 8.43. The zero-order valence-corrected chi connectivity index (χ0v) is 11.7. The van der Waals surface area contributed by atoms with Gasteiger partial charge in [0.05, 0.1) is 0 Å². The van der Waals surface area contributed by atoms with Gasteiger partial charge < -0.3 is 9.80 Å². The second-order valence-corrected chi connectivity index (χ2v) is 5.02. The fourth-order valence-electron chi connectivity index (χ4n) is 2.43. The van der Waals surface area contributed by atoms with E-state index in [4.69, 9.17) is 0 Å². The molecule has 0 saturated carbocycles. The van der Waals surface area contributed by atoms with Crippen molar-refractivity contribution in [3.63, 3.8) is 0 Å². The summed E-state index contributed by atoms with van der Waals surface area (Å²) in [6.07, 6.45) is 2.08. The van der Waals surface area contributed by atoms with E-state index in [2.05, 4.69) is 55.7 Å². The van der Waals surface area contributed by atoms with Crippen LogP contribution in [0.2, 0.25) is 0 Å². The lowest BCUT2D eigenvalue weighted by atomic mass is 10.0. The van der Waals surface area contributed by atoms with Gasteiger partial charge in [-0.3, -0.25) is 0 Å². The van der Waals surface area contributed by atoms with Crippen LogP contribution in [-0.4, -0.2) is 18.1 Å². The van der Waals surface area contributed by atoms with E-state index in [-0.39, 0.29) is 6.17 Å². The third-order valence-electron chi connectivity index (χ3n) is 3.71. The highest BCUT2D eigenvalue weighted by molar-refractivity contribution is 5.65. The first-order valence-corrected chi connectivity index (χ1v) is 6.16. The van der Waals surface area contributed by atoms with Crippen LogP contribution in [0.1, 0.15) is 23.6 Å². The van der Waals surface area contributed by atoms with Crippen molar-refractivity contribution >= 4 is 5.69 Å². The van der Waals surface area contributed by atoms with E-state index in [9.17, 15) is 5.26 Å². The van der Waals surface area contributed by atoms with Crippen molar-refractivity contribution in [1.82, 2.24) is 4.90 Å². The molecule has 3 nitrogen and oxygen atoms in total. The average molecular weight is 241 g/mol. The van der Waals surface area contributed by atoms with E-state index in [0.717, 1.165) is 5.69 Å². The zero-order chi connectivity index (χ0) is 13.4. The molecule has 2 rings (SSSR count). The number of aryl methyl sites for hydroxylation is 2. The van der Waals surface area contributed by atoms with Crippen LogP contribution in [0.15, 0.2) is 24.0 Å². The Morgan fingerprint density at radius 2 is 1.89 bits per heavy atom. The van der Waals surface area contributed by atoms with Crippen LogP contribution in [0.4, 0.5) is 5.69 Å². The molecule has 1 aromatic carbocycles. The van der Waals surface area contributed by atoms with Gasteiger partial charge in [-0.05, 0) is 50.5 Å².